The summed E-state index contributed by atoms with van der Waals surface area (Å²) >= 11 is 1.78. The molecule has 0 aliphatic rings. The first-order valence-corrected chi connectivity index (χ1v) is 7.18. The van der Waals surface area contributed by atoms with Crippen molar-refractivity contribution in [2.45, 2.75) is 19.4 Å². The number of hydrogen-bond acceptors (Lipinski definition) is 3. The van der Waals surface area contributed by atoms with E-state index in [9.17, 15) is 4.39 Å². The molecule has 1 aromatic rings. The third-order valence-electron chi connectivity index (χ3n) is 2.64. The highest BCUT2D eigenvalue weighted by Gasteiger charge is 2.14. The molecule has 17 heavy (non-hydrogen) atoms. The van der Waals surface area contributed by atoms with E-state index < -0.39 is 0 Å². The molecular formula is C13H20FNOS. The lowest BCUT2D eigenvalue weighted by atomic mass is 10.0. The Bertz CT molecular complexity index is 346. The van der Waals surface area contributed by atoms with Gasteiger partial charge >= 0.3 is 0 Å². The molecule has 1 rings (SSSR count). The quantitative estimate of drug-likeness (QED) is 0.810. The van der Waals surface area contributed by atoms with Crippen molar-refractivity contribution < 1.29 is 9.13 Å². The molecule has 0 spiro atoms. The average molecular weight is 257 g/mol. The molecule has 0 bridgehead atoms. The summed E-state index contributed by atoms with van der Waals surface area (Å²) in [5, 5.41) is 3.32. The zero-order chi connectivity index (χ0) is 12.7. The van der Waals surface area contributed by atoms with Gasteiger partial charge in [0, 0.05) is 17.7 Å². The lowest BCUT2D eigenvalue weighted by molar-refractivity contribution is 0.409. The van der Waals surface area contributed by atoms with Crippen LogP contribution in [0.15, 0.2) is 18.2 Å². The van der Waals surface area contributed by atoms with Gasteiger partial charge in [0.25, 0.3) is 0 Å². The molecule has 0 saturated heterocycles. The maximum absolute atomic E-state index is 13.9. The van der Waals surface area contributed by atoms with E-state index in [-0.39, 0.29) is 11.9 Å². The fraction of sp³-hybridized carbons (Fsp3) is 0.538. The highest BCUT2D eigenvalue weighted by molar-refractivity contribution is 7.98. The number of rotatable bonds is 7. The minimum atomic E-state index is -0.198. The summed E-state index contributed by atoms with van der Waals surface area (Å²) in [5.41, 5.74) is 0.724. The predicted octanol–water partition coefficient (Wildman–Crippen LogP) is 3.24. The molecule has 0 aliphatic carbocycles. The van der Waals surface area contributed by atoms with Gasteiger partial charge in [0.2, 0.25) is 0 Å². The monoisotopic (exact) mass is 257 g/mol. The van der Waals surface area contributed by atoms with Gasteiger partial charge in [0.1, 0.15) is 11.6 Å². The molecule has 0 amide bonds. The number of thioether (sulfide) groups is 1. The number of benzene rings is 1. The van der Waals surface area contributed by atoms with Gasteiger partial charge in [-0.1, -0.05) is 13.0 Å². The summed E-state index contributed by atoms with van der Waals surface area (Å²) in [6.45, 7) is 2.87. The number of methoxy groups -OCH3 is 1. The van der Waals surface area contributed by atoms with Crippen LogP contribution < -0.4 is 10.1 Å². The van der Waals surface area contributed by atoms with Crippen LogP contribution >= 0.6 is 11.8 Å². The van der Waals surface area contributed by atoms with E-state index in [1.807, 2.05) is 19.1 Å². The van der Waals surface area contributed by atoms with E-state index >= 15 is 0 Å². The van der Waals surface area contributed by atoms with Crippen LogP contribution in [-0.4, -0.2) is 25.7 Å². The first-order valence-electron chi connectivity index (χ1n) is 5.78. The molecular weight excluding hydrogens is 237 g/mol. The van der Waals surface area contributed by atoms with Crippen LogP contribution in [-0.2, 0) is 0 Å². The van der Waals surface area contributed by atoms with Crippen molar-refractivity contribution in [2.24, 2.45) is 0 Å². The van der Waals surface area contributed by atoms with Crippen molar-refractivity contribution in [2.75, 3.05) is 25.7 Å². The van der Waals surface area contributed by atoms with Crippen molar-refractivity contribution in [3.05, 3.63) is 29.6 Å². The average Bonchev–Trinajstić information content (AvgIpc) is 2.34. The van der Waals surface area contributed by atoms with E-state index in [0.29, 0.717) is 5.75 Å². The second kappa shape index (κ2) is 7.56. The van der Waals surface area contributed by atoms with Crippen LogP contribution in [0.25, 0.3) is 0 Å². The summed E-state index contributed by atoms with van der Waals surface area (Å²) in [7, 11) is 1.55. The summed E-state index contributed by atoms with van der Waals surface area (Å²) in [4.78, 5) is 0. The molecule has 1 unspecified atom stereocenters. The second-order valence-electron chi connectivity index (χ2n) is 3.78. The first kappa shape index (κ1) is 14.3. The SMILES string of the molecule is CCNC(CCSC)c1ccc(OC)cc1F. The van der Waals surface area contributed by atoms with E-state index in [1.54, 1.807) is 18.9 Å². The molecule has 4 heteroatoms. The number of halogens is 1. The zero-order valence-electron chi connectivity index (χ0n) is 10.6. The van der Waals surface area contributed by atoms with Gasteiger partial charge < -0.3 is 10.1 Å². The number of nitrogens with one attached hydrogen (secondary N) is 1. The maximum Gasteiger partial charge on any atom is 0.131 e. The second-order valence-corrected chi connectivity index (χ2v) is 4.76. The molecule has 0 fully saturated rings. The highest BCUT2D eigenvalue weighted by Crippen LogP contribution is 2.24. The first-order chi connectivity index (χ1) is 8.22. The fourth-order valence-corrected chi connectivity index (χ4v) is 2.24. The molecule has 1 atom stereocenters. The van der Waals surface area contributed by atoms with Crippen molar-refractivity contribution in [1.29, 1.82) is 0 Å². The minimum absolute atomic E-state index is 0.0818. The molecule has 1 N–H and O–H groups in total. The minimum Gasteiger partial charge on any atom is -0.497 e. The van der Waals surface area contributed by atoms with Crippen LogP contribution in [0.1, 0.15) is 24.9 Å². The van der Waals surface area contributed by atoms with E-state index in [1.165, 1.54) is 6.07 Å². The number of hydrogen-bond donors (Lipinski definition) is 1. The van der Waals surface area contributed by atoms with E-state index in [2.05, 4.69) is 11.6 Å². The van der Waals surface area contributed by atoms with Gasteiger partial charge in [-0.15, -0.1) is 0 Å². The molecule has 0 radical (unpaired) electrons. The van der Waals surface area contributed by atoms with Gasteiger partial charge in [0.05, 0.1) is 7.11 Å². The van der Waals surface area contributed by atoms with Gasteiger partial charge in [-0.2, -0.15) is 11.8 Å². The Kier molecular flexibility index (Phi) is 6.37. The lowest BCUT2D eigenvalue weighted by Gasteiger charge is -2.19. The Balaban J connectivity index is 2.85. The van der Waals surface area contributed by atoms with Crippen molar-refractivity contribution in [1.82, 2.24) is 5.32 Å². The normalized spacial score (nSPS) is 12.5. The standard InChI is InChI=1S/C13H20FNOS/c1-4-15-13(7-8-17-3)11-6-5-10(16-2)9-12(11)14/h5-6,9,13,15H,4,7-8H2,1-3H3. The van der Waals surface area contributed by atoms with Crippen molar-refractivity contribution in [3.63, 3.8) is 0 Å². The van der Waals surface area contributed by atoms with Gasteiger partial charge in [-0.3, -0.25) is 0 Å². The van der Waals surface area contributed by atoms with Crippen LogP contribution in [0, 0.1) is 5.82 Å². The Labute approximate surface area is 107 Å². The van der Waals surface area contributed by atoms with Gasteiger partial charge in [0.15, 0.2) is 0 Å². The number of ether oxygens (including phenoxy) is 1. The zero-order valence-corrected chi connectivity index (χ0v) is 11.4. The summed E-state index contributed by atoms with van der Waals surface area (Å²) < 4.78 is 18.9. The van der Waals surface area contributed by atoms with Gasteiger partial charge in [-0.05, 0) is 31.0 Å². The Morgan fingerprint density at radius 2 is 2.24 bits per heavy atom. The molecule has 96 valence electrons. The van der Waals surface area contributed by atoms with Crippen LogP contribution in [0.2, 0.25) is 0 Å². The molecule has 0 aromatic heterocycles. The summed E-state index contributed by atoms with van der Waals surface area (Å²) in [6, 6.07) is 5.14. The largest absolute Gasteiger partial charge is 0.497 e. The molecule has 2 nitrogen and oxygen atoms in total. The third-order valence-corrected chi connectivity index (χ3v) is 3.29. The summed E-state index contributed by atoms with van der Waals surface area (Å²) in [5.74, 6) is 1.38. The smallest absolute Gasteiger partial charge is 0.131 e. The Morgan fingerprint density at radius 1 is 1.47 bits per heavy atom. The lowest BCUT2D eigenvalue weighted by Crippen LogP contribution is -2.22. The topological polar surface area (TPSA) is 21.3 Å². The van der Waals surface area contributed by atoms with Crippen LogP contribution in [0.5, 0.6) is 5.75 Å². The molecule has 0 saturated carbocycles. The molecule has 0 heterocycles. The summed E-state index contributed by atoms with van der Waals surface area (Å²) in [6.07, 6.45) is 2.99. The van der Waals surface area contributed by atoms with Gasteiger partial charge in [-0.25, -0.2) is 4.39 Å². The van der Waals surface area contributed by atoms with Crippen LogP contribution in [0.3, 0.4) is 0 Å². The van der Waals surface area contributed by atoms with Crippen molar-refractivity contribution in [3.8, 4) is 5.75 Å². The van der Waals surface area contributed by atoms with Crippen molar-refractivity contribution >= 4 is 11.8 Å². The van der Waals surface area contributed by atoms with E-state index in [0.717, 1.165) is 24.3 Å². The Morgan fingerprint density at radius 3 is 2.76 bits per heavy atom. The molecule has 0 aliphatic heterocycles. The predicted molar refractivity (Wildman–Crippen MR) is 72.4 cm³/mol. The maximum atomic E-state index is 13.9. The van der Waals surface area contributed by atoms with Crippen LogP contribution in [0.4, 0.5) is 4.39 Å². The highest BCUT2D eigenvalue weighted by atomic mass is 32.2. The fourth-order valence-electron chi connectivity index (χ4n) is 1.77. The van der Waals surface area contributed by atoms with E-state index in [4.69, 9.17) is 4.74 Å². The Hall–Kier alpha value is -0.740. The molecule has 1 aromatic carbocycles. The third kappa shape index (κ3) is 4.21.